The smallest absolute Gasteiger partial charge is 0.238 e. The summed E-state index contributed by atoms with van der Waals surface area (Å²) in [7, 11) is -3.67. The third-order valence-electron chi connectivity index (χ3n) is 4.79. The maximum absolute atomic E-state index is 12.1. The molecule has 0 radical (unpaired) electrons. The molecule has 2 fully saturated rings. The summed E-state index contributed by atoms with van der Waals surface area (Å²) in [6.45, 7) is 0.404. The van der Waals surface area contributed by atoms with Crippen LogP contribution in [-0.4, -0.2) is 26.4 Å². The first-order valence-electron chi connectivity index (χ1n) is 8.04. The lowest BCUT2D eigenvalue weighted by atomic mass is 9.89. The van der Waals surface area contributed by atoms with Gasteiger partial charge in [-0.15, -0.1) is 12.4 Å². The van der Waals surface area contributed by atoms with Gasteiger partial charge in [-0.2, -0.15) is 0 Å². The zero-order valence-electron chi connectivity index (χ0n) is 13.4. The number of piperidine rings is 1. The molecule has 2 heterocycles. The van der Waals surface area contributed by atoms with Crippen molar-refractivity contribution in [3.8, 4) is 0 Å². The summed E-state index contributed by atoms with van der Waals surface area (Å²) in [6.07, 6.45) is 5.22. The van der Waals surface area contributed by atoms with Crippen LogP contribution < -0.4 is 15.8 Å². The molecule has 2 saturated heterocycles. The van der Waals surface area contributed by atoms with Gasteiger partial charge in [0.2, 0.25) is 15.9 Å². The van der Waals surface area contributed by atoms with Crippen molar-refractivity contribution in [3.63, 3.8) is 0 Å². The zero-order valence-corrected chi connectivity index (χ0v) is 15.0. The minimum absolute atomic E-state index is 0. The van der Waals surface area contributed by atoms with E-state index in [1.165, 1.54) is 25.0 Å². The number of primary sulfonamides is 1. The number of carbonyl (C=O) groups excluding carboxylic acids is 1. The molecule has 134 valence electrons. The average Bonchev–Trinajstić information content (AvgIpc) is 2.83. The van der Waals surface area contributed by atoms with E-state index in [0.717, 1.165) is 18.4 Å². The number of hydrogen-bond donors (Lipinski definition) is 3. The Labute approximate surface area is 149 Å². The molecule has 2 aliphatic heterocycles. The van der Waals surface area contributed by atoms with Crippen LogP contribution in [0.3, 0.4) is 0 Å². The Balaban J connectivity index is 0.00000208. The monoisotopic (exact) mass is 373 g/mol. The number of fused-ring (bicyclic) bond motifs is 2. The number of hydrogen-bond acceptors (Lipinski definition) is 4. The summed E-state index contributed by atoms with van der Waals surface area (Å²) in [6, 6.07) is 7.45. The molecule has 0 spiro atoms. The van der Waals surface area contributed by atoms with E-state index in [1.807, 2.05) is 0 Å². The first-order valence-corrected chi connectivity index (χ1v) is 9.59. The summed E-state index contributed by atoms with van der Waals surface area (Å²) in [5, 5.41) is 11.6. The van der Waals surface area contributed by atoms with Gasteiger partial charge in [-0.05, 0) is 49.3 Å². The molecule has 2 aliphatic rings. The van der Waals surface area contributed by atoms with Gasteiger partial charge in [0, 0.05) is 25.0 Å². The summed E-state index contributed by atoms with van der Waals surface area (Å²) >= 11 is 0. The second-order valence-corrected chi connectivity index (χ2v) is 8.21. The highest BCUT2D eigenvalue weighted by Gasteiger charge is 2.34. The van der Waals surface area contributed by atoms with E-state index >= 15 is 0 Å². The number of nitrogens with two attached hydrogens (primary N) is 1. The molecule has 2 bridgehead atoms. The Morgan fingerprint density at radius 2 is 1.75 bits per heavy atom. The Kier molecular flexibility index (Phi) is 6.25. The van der Waals surface area contributed by atoms with Crippen molar-refractivity contribution in [3.05, 3.63) is 29.8 Å². The lowest BCUT2D eigenvalue weighted by Gasteiger charge is -2.28. The molecule has 1 aromatic rings. The van der Waals surface area contributed by atoms with Crippen LogP contribution in [0, 0.1) is 5.92 Å². The number of benzene rings is 1. The standard InChI is InChI=1S/C16H23N3O3S.ClH/c17-23(21,22)15-5-1-11(2-6-15)10-18-16(20)9-12-7-13-3-4-14(8-12)19-13;/h1-2,5-6,12-14,19H,3-4,7-10H2,(H,18,20)(H2,17,21,22);1H. The number of halogens is 1. The minimum atomic E-state index is -3.67. The van der Waals surface area contributed by atoms with Crippen molar-refractivity contribution in [1.82, 2.24) is 10.6 Å². The van der Waals surface area contributed by atoms with E-state index in [9.17, 15) is 13.2 Å². The van der Waals surface area contributed by atoms with Gasteiger partial charge in [-0.25, -0.2) is 13.6 Å². The van der Waals surface area contributed by atoms with Crippen molar-refractivity contribution >= 4 is 28.3 Å². The van der Waals surface area contributed by atoms with Gasteiger partial charge >= 0.3 is 0 Å². The molecule has 2 unspecified atom stereocenters. The van der Waals surface area contributed by atoms with Crippen LogP contribution in [-0.2, 0) is 21.4 Å². The van der Waals surface area contributed by atoms with Crippen molar-refractivity contribution in [2.75, 3.05) is 0 Å². The third kappa shape index (κ3) is 4.92. The Morgan fingerprint density at radius 1 is 1.17 bits per heavy atom. The van der Waals surface area contributed by atoms with Crippen LogP contribution >= 0.6 is 12.4 Å². The molecule has 1 amide bonds. The molecule has 3 rings (SSSR count). The lowest BCUT2D eigenvalue weighted by molar-refractivity contribution is -0.122. The van der Waals surface area contributed by atoms with Crippen LogP contribution in [0.4, 0.5) is 0 Å². The van der Waals surface area contributed by atoms with Crippen LogP contribution in [0.1, 0.15) is 37.7 Å². The number of rotatable bonds is 5. The number of nitrogens with one attached hydrogen (secondary N) is 2. The SMILES string of the molecule is Cl.NS(=O)(=O)c1ccc(CNC(=O)CC2CC3CCC(C2)N3)cc1. The molecular formula is C16H24ClN3O3S. The van der Waals surface area contributed by atoms with Gasteiger partial charge in [0.25, 0.3) is 0 Å². The molecule has 6 nitrogen and oxygen atoms in total. The van der Waals surface area contributed by atoms with E-state index < -0.39 is 10.0 Å². The summed E-state index contributed by atoms with van der Waals surface area (Å²) in [5.74, 6) is 0.533. The fourth-order valence-electron chi connectivity index (χ4n) is 3.67. The minimum Gasteiger partial charge on any atom is -0.352 e. The molecule has 8 heteroatoms. The van der Waals surface area contributed by atoms with Gasteiger partial charge in [-0.3, -0.25) is 4.79 Å². The second kappa shape index (κ2) is 7.82. The van der Waals surface area contributed by atoms with E-state index in [1.54, 1.807) is 12.1 Å². The van der Waals surface area contributed by atoms with Gasteiger partial charge in [0.15, 0.2) is 0 Å². The third-order valence-corrected chi connectivity index (χ3v) is 5.72. The summed E-state index contributed by atoms with van der Waals surface area (Å²) in [4.78, 5) is 12.2. The van der Waals surface area contributed by atoms with E-state index in [0.29, 0.717) is 31.0 Å². The Morgan fingerprint density at radius 3 is 2.29 bits per heavy atom. The predicted octanol–water partition coefficient (Wildman–Crippen LogP) is 1.29. The first-order chi connectivity index (χ1) is 10.9. The van der Waals surface area contributed by atoms with Gasteiger partial charge in [0.05, 0.1) is 4.90 Å². The Bertz CT molecular complexity index is 666. The molecule has 2 atom stereocenters. The molecule has 4 N–H and O–H groups in total. The Hall–Kier alpha value is -1.15. The second-order valence-electron chi connectivity index (χ2n) is 6.65. The van der Waals surface area contributed by atoms with Gasteiger partial charge in [-0.1, -0.05) is 12.1 Å². The molecule has 0 saturated carbocycles. The highest BCUT2D eigenvalue weighted by atomic mass is 35.5. The van der Waals surface area contributed by atoms with Crippen molar-refractivity contribution in [2.24, 2.45) is 11.1 Å². The molecule has 0 aliphatic carbocycles. The maximum Gasteiger partial charge on any atom is 0.238 e. The molecule has 0 aromatic heterocycles. The predicted molar refractivity (Wildman–Crippen MR) is 94.2 cm³/mol. The van der Waals surface area contributed by atoms with Crippen LogP contribution in [0.15, 0.2) is 29.2 Å². The quantitative estimate of drug-likeness (QED) is 0.723. The lowest BCUT2D eigenvalue weighted by Crippen LogP contribution is -2.39. The normalized spacial score (nSPS) is 25.8. The summed E-state index contributed by atoms with van der Waals surface area (Å²) in [5.41, 5.74) is 0.858. The van der Waals surface area contributed by atoms with Crippen molar-refractivity contribution in [2.45, 2.75) is 55.6 Å². The van der Waals surface area contributed by atoms with E-state index in [2.05, 4.69) is 10.6 Å². The van der Waals surface area contributed by atoms with Crippen LogP contribution in [0.2, 0.25) is 0 Å². The maximum atomic E-state index is 12.1. The highest BCUT2D eigenvalue weighted by Crippen LogP contribution is 2.32. The fraction of sp³-hybridized carbons (Fsp3) is 0.562. The van der Waals surface area contributed by atoms with E-state index in [4.69, 9.17) is 5.14 Å². The van der Waals surface area contributed by atoms with Gasteiger partial charge in [0.1, 0.15) is 0 Å². The number of sulfonamides is 1. The molecular weight excluding hydrogens is 350 g/mol. The van der Waals surface area contributed by atoms with Crippen LogP contribution in [0.5, 0.6) is 0 Å². The number of carbonyl (C=O) groups is 1. The zero-order chi connectivity index (χ0) is 16.4. The summed E-state index contributed by atoms with van der Waals surface area (Å²) < 4.78 is 22.4. The van der Waals surface area contributed by atoms with Crippen LogP contribution in [0.25, 0.3) is 0 Å². The molecule has 1 aromatic carbocycles. The first kappa shape index (κ1) is 19.2. The highest BCUT2D eigenvalue weighted by molar-refractivity contribution is 7.89. The average molecular weight is 374 g/mol. The largest absolute Gasteiger partial charge is 0.352 e. The fourth-order valence-corrected chi connectivity index (χ4v) is 4.19. The topological polar surface area (TPSA) is 101 Å². The van der Waals surface area contributed by atoms with Gasteiger partial charge < -0.3 is 10.6 Å². The van der Waals surface area contributed by atoms with E-state index in [-0.39, 0.29) is 23.2 Å². The number of amides is 1. The molecule has 24 heavy (non-hydrogen) atoms. The van der Waals surface area contributed by atoms with Crippen molar-refractivity contribution in [1.29, 1.82) is 0 Å². The van der Waals surface area contributed by atoms with Crippen molar-refractivity contribution < 1.29 is 13.2 Å².